The first-order valence-electron chi connectivity index (χ1n) is 7.91. The van der Waals surface area contributed by atoms with E-state index in [4.69, 9.17) is 6.42 Å². The highest BCUT2D eigenvalue weighted by atomic mass is 79.9. The van der Waals surface area contributed by atoms with Gasteiger partial charge in [-0.1, -0.05) is 34.0 Å². The summed E-state index contributed by atoms with van der Waals surface area (Å²) in [4.78, 5) is 2.39. The Morgan fingerprint density at radius 1 is 1.29 bits per heavy atom. The molecule has 3 rings (SSSR count). The van der Waals surface area contributed by atoms with Crippen LogP contribution in [0.1, 0.15) is 36.8 Å². The molecule has 0 amide bonds. The fourth-order valence-corrected chi connectivity index (χ4v) is 3.15. The van der Waals surface area contributed by atoms with Crippen LogP contribution in [0.4, 0.5) is 0 Å². The van der Waals surface area contributed by atoms with E-state index in [1.165, 1.54) is 41.3 Å². The van der Waals surface area contributed by atoms with E-state index in [-0.39, 0.29) is 0 Å². The molecule has 1 N–H and O–H groups in total. The quantitative estimate of drug-likeness (QED) is 0.724. The average Bonchev–Trinajstić information content (AvgIpc) is 3.34. The van der Waals surface area contributed by atoms with E-state index in [1.807, 2.05) is 0 Å². The lowest BCUT2D eigenvalue weighted by Crippen LogP contribution is -2.26. The van der Waals surface area contributed by atoms with Gasteiger partial charge in [0.1, 0.15) is 0 Å². The molecule has 0 bridgehead atoms. The molecule has 0 aliphatic heterocycles. The minimum atomic E-state index is 0.744. The predicted octanol–water partition coefficient (Wildman–Crippen LogP) is 3.55. The number of hydrogen-bond donors (Lipinski definition) is 1. The molecule has 0 unspecified atom stereocenters. The maximum absolute atomic E-state index is 5.50. The van der Waals surface area contributed by atoms with Gasteiger partial charge in [0, 0.05) is 30.1 Å². The van der Waals surface area contributed by atoms with Crippen molar-refractivity contribution in [2.75, 3.05) is 13.1 Å². The Balaban J connectivity index is 1.58. The summed E-state index contributed by atoms with van der Waals surface area (Å²) in [7, 11) is 0. The maximum Gasteiger partial charge on any atom is 0.0601 e. The lowest BCUT2D eigenvalue weighted by molar-refractivity contribution is 0.286. The number of rotatable bonds is 8. The minimum absolute atomic E-state index is 0.744. The highest BCUT2D eigenvalue weighted by Gasteiger charge is 2.24. The molecule has 2 aliphatic rings. The van der Waals surface area contributed by atoms with E-state index < -0.39 is 0 Å². The number of terminal acetylenes is 1. The van der Waals surface area contributed by atoms with E-state index in [0.29, 0.717) is 0 Å². The van der Waals surface area contributed by atoms with Crippen molar-refractivity contribution in [3.63, 3.8) is 0 Å². The second kappa shape index (κ2) is 6.96. The third kappa shape index (κ3) is 4.85. The van der Waals surface area contributed by atoms with Gasteiger partial charge in [-0.05, 0) is 48.8 Å². The summed E-state index contributed by atoms with van der Waals surface area (Å²) in [6.45, 7) is 3.80. The van der Waals surface area contributed by atoms with Crippen LogP contribution in [0.3, 0.4) is 0 Å². The number of nitrogens with one attached hydrogen (secondary N) is 1. The molecule has 0 radical (unpaired) electrons. The molecule has 112 valence electrons. The summed E-state index contributed by atoms with van der Waals surface area (Å²) in [5.41, 5.74) is 2.68. The van der Waals surface area contributed by atoms with E-state index in [1.54, 1.807) is 0 Å². The SMILES string of the molecule is C#CCN(Cc1ccc(CNC2CC2)cc1Br)CC1CC1. The number of nitrogens with zero attached hydrogens (tertiary/aromatic N) is 1. The zero-order chi connectivity index (χ0) is 14.7. The van der Waals surface area contributed by atoms with Crippen LogP contribution in [0.25, 0.3) is 0 Å². The van der Waals surface area contributed by atoms with Crippen molar-refractivity contribution >= 4 is 15.9 Å². The summed E-state index contributed by atoms with van der Waals surface area (Å²) in [5, 5.41) is 3.56. The van der Waals surface area contributed by atoms with Crippen LogP contribution in [-0.4, -0.2) is 24.0 Å². The van der Waals surface area contributed by atoms with E-state index >= 15 is 0 Å². The third-order valence-electron chi connectivity index (χ3n) is 4.21. The molecule has 0 spiro atoms. The zero-order valence-electron chi connectivity index (χ0n) is 12.4. The molecule has 2 saturated carbocycles. The van der Waals surface area contributed by atoms with Crippen LogP contribution in [0, 0.1) is 18.3 Å². The van der Waals surface area contributed by atoms with Crippen LogP contribution >= 0.6 is 15.9 Å². The van der Waals surface area contributed by atoms with Gasteiger partial charge in [0.25, 0.3) is 0 Å². The fourth-order valence-electron chi connectivity index (χ4n) is 2.60. The average molecular weight is 347 g/mol. The second-order valence-electron chi connectivity index (χ2n) is 6.40. The molecule has 2 aliphatic carbocycles. The Bertz CT molecular complexity index is 527. The van der Waals surface area contributed by atoms with Gasteiger partial charge >= 0.3 is 0 Å². The van der Waals surface area contributed by atoms with Gasteiger partial charge in [0.2, 0.25) is 0 Å². The number of hydrogen-bond acceptors (Lipinski definition) is 2. The monoisotopic (exact) mass is 346 g/mol. The first kappa shape index (κ1) is 15.1. The molecule has 0 aromatic heterocycles. The Hall–Kier alpha value is -0.820. The first-order valence-corrected chi connectivity index (χ1v) is 8.70. The summed E-state index contributed by atoms with van der Waals surface area (Å²) >= 11 is 3.73. The second-order valence-corrected chi connectivity index (χ2v) is 7.25. The van der Waals surface area contributed by atoms with Crippen LogP contribution in [0.2, 0.25) is 0 Å². The third-order valence-corrected chi connectivity index (χ3v) is 4.95. The number of benzene rings is 1. The Morgan fingerprint density at radius 3 is 2.71 bits per heavy atom. The molecule has 3 heteroatoms. The van der Waals surface area contributed by atoms with Crippen molar-refractivity contribution in [3.05, 3.63) is 33.8 Å². The Labute approximate surface area is 136 Å². The minimum Gasteiger partial charge on any atom is -0.310 e. The summed E-state index contributed by atoms with van der Waals surface area (Å²) < 4.78 is 1.20. The molecular weight excluding hydrogens is 324 g/mol. The van der Waals surface area contributed by atoms with Crippen molar-refractivity contribution in [1.82, 2.24) is 10.2 Å². The molecule has 2 fully saturated rings. The number of halogens is 1. The lowest BCUT2D eigenvalue weighted by atomic mass is 10.1. The van der Waals surface area contributed by atoms with E-state index in [2.05, 4.69) is 50.3 Å². The van der Waals surface area contributed by atoms with Gasteiger partial charge in [-0.25, -0.2) is 0 Å². The summed E-state index contributed by atoms with van der Waals surface area (Å²) in [6, 6.07) is 7.48. The predicted molar refractivity (Wildman–Crippen MR) is 90.8 cm³/mol. The maximum atomic E-state index is 5.50. The molecular formula is C18H23BrN2. The van der Waals surface area contributed by atoms with Gasteiger partial charge in [0.05, 0.1) is 6.54 Å². The molecule has 0 heterocycles. The lowest BCUT2D eigenvalue weighted by Gasteiger charge is -2.20. The highest BCUT2D eigenvalue weighted by molar-refractivity contribution is 9.10. The largest absolute Gasteiger partial charge is 0.310 e. The summed E-state index contributed by atoms with van der Waals surface area (Å²) in [5.74, 6) is 3.67. The highest BCUT2D eigenvalue weighted by Crippen LogP contribution is 2.30. The molecule has 21 heavy (non-hydrogen) atoms. The molecule has 0 saturated heterocycles. The summed E-state index contributed by atoms with van der Waals surface area (Å²) in [6.07, 6.45) is 10.9. The fraction of sp³-hybridized carbons (Fsp3) is 0.556. The van der Waals surface area contributed by atoms with Gasteiger partial charge < -0.3 is 5.32 Å². The normalized spacial score (nSPS) is 18.0. The van der Waals surface area contributed by atoms with Crippen LogP contribution < -0.4 is 5.32 Å². The molecule has 1 aromatic rings. The smallest absolute Gasteiger partial charge is 0.0601 e. The molecule has 2 nitrogen and oxygen atoms in total. The van der Waals surface area contributed by atoms with E-state index in [9.17, 15) is 0 Å². The Morgan fingerprint density at radius 2 is 2.10 bits per heavy atom. The van der Waals surface area contributed by atoms with Gasteiger partial charge in [-0.15, -0.1) is 6.42 Å². The van der Waals surface area contributed by atoms with Crippen molar-refractivity contribution in [2.24, 2.45) is 5.92 Å². The first-order chi connectivity index (χ1) is 10.2. The zero-order valence-corrected chi connectivity index (χ0v) is 14.0. The van der Waals surface area contributed by atoms with Gasteiger partial charge in [0.15, 0.2) is 0 Å². The van der Waals surface area contributed by atoms with Crippen molar-refractivity contribution in [3.8, 4) is 12.3 Å². The molecule has 1 aromatic carbocycles. The van der Waals surface area contributed by atoms with Crippen molar-refractivity contribution in [1.29, 1.82) is 0 Å². The van der Waals surface area contributed by atoms with Crippen molar-refractivity contribution in [2.45, 2.75) is 44.8 Å². The Kier molecular flexibility index (Phi) is 5.00. The van der Waals surface area contributed by atoms with Crippen LogP contribution in [0.5, 0.6) is 0 Å². The van der Waals surface area contributed by atoms with Crippen molar-refractivity contribution < 1.29 is 0 Å². The standard InChI is InChI=1S/C18H23BrN2/c1-2-9-21(12-14-3-4-14)13-16-6-5-15(10-18(16)19)11-20-17-7-8-17/h1,5-6,10,14,17,20H,3-4,7-9,11-13H2. The van der Waals surface area contributed by atoms with Crippen LogP contribution in [-0.2, 0) is 13.1 Å². The van der Waals surface area contributed by atoms with Gasteiger partial charge in [-0.3, -0.25) is 4.90 Å². The topological polar surface area (TPSA) is 15.3 Å². The van der Waals surface area contributed by atoms with Gasteiger partial charge in [-0.2, -0.15) is 0 Å². The van der Waals surface area contributed by atoms with E-state index in [0.717, 1.165) is 38.1 Å². The molecule has 0 atom stereocenters. The van der Waals surface area contributed by atoms with Crippen LogP contribution in [0.15, 0.2) is 22.7 Å².